The highest BCUT2D eigenvalue weighted by Crippen LogP contribution is 2.38. The van der Waals surface area contributed by atoms with Gasteiger partial charge < -0.3 is 35.4 Å². The number of hydrogen-bond donors (Lipinski definition) is 0. The van der Waals surface area contributed by atoms with Crippen LogP contribution >= 0.6 is 0 Å². The van der Waals surface area contributed by atoms with Crippen molar-refractivity contribution < 1.29 is 54.6 Å². The van der Waals surface area contributed by atoms with Crippen LogP contribution in [-0.4, -0.2) is 84.5 Å². The molecule has 0 atom stereocenters. The Morgan fingerprint density at radius 3 is 0.729 bits per heavy atom. The van der Waals surface area contributed by atoms with Crippen LogP contribution in [0.3, 0.4) is 0 Å². The molecule has 0 aromatic rings. The van der Waals surface area contributed by atoms with Gasteiger partial charge in [-0.25, -0.2) is 19.2 Å². The maximum absolute atomic E-state index is 12.0. The molecule has 0 amide bonds. The molecule has 0 N–H and O–H groups in total. The molecule has 0 spiro atoms. The fourth-order valence-corrected chi connectivity index (χ4v) is 28.2. The summed E-state index contributed by atoms with van der Waals surface area (Å²) in [4.78, 5) is 48.0. The van der Waals surface area contributed by atoms with Crippen molar-refractivity contribution in [2.75, 3.05) is 26.4 Å². The number of ether oxygens (including phenoxy) is 4. The fraction of sp³-hybridized carbons (Fsp3) is 0.625. The fourth-order valence-electron chi connectivity index (χ4n) is 5.04. The highest BCUT2D eigenvalue weighted by molar-refractivity contribution is 6.93. The lowest BCUT2D eigenvalue weighted by Gasteiger charge is -2.50. The van der Waals surface area contributed by atoms with Crippen LogP contribution in [0, 0.1) is 0 Å². The van der Waals surface area contributed by atoms with Gasteiger partial charge in [-0.3, -0.25) is 0 Å². The van der Waals surface area contributed by atoms with E-state index in [1.807, 2.05) is 26.2 Å². The van der Waals surface area contributed by atoms with E-state index in [0.717, 1.165) is 0 Å². The van der Waals surface area contributed by atoms with E-state index < -0.39 is 58.1 Å². The zero-order chi connectivity index (χ0) is 36.8. The van der Waals surface area contributed by atoms with Gasteiger partial charge in [0.05, 0.1) is 26.4 Å². The first-order valence-corrected chi connectivity index (χ1v) is 26.3. The molecule has 1 rings (SSSR count). The van der Waals surface area contributed by atoms with Crippen molar-refractivity contribution in [1.29, 1.82) is 0 Å². The summed E-state index contributed by atoms with van der Waals surface area (Å²) in [6, 6.07) is 2.00. The lowest BCUT2D eigenvalue weighted by atomic mass is 10.4. The first-order chi connectivity index (χ1) is 22.1. The highest BCUT2D eigenvalue weighted by atomic mass is 28.5. The SMILES string of the molecule is C=C(C)C(=O)OCCC[Si]1(C)O[Si](C)(CCCOC(=O)C(=C)C)O[Si](C)(CCCOC(=O)C(=C)C)O[Si](C)(CCCOC(=O)C(=C)C)O1. The monoisotopic (exact) mass is 744 g/mol. The second-order valence-corrected chi connectivity index (χ2v) is 27.4. The van der Waals surface area contributed by atoms with Gasteiger partial charge in [0.2, 0.25) is 0 Å². The van der Waals surface area contributed by atoms with Crippen LogP contribution in [0.5, 0.6) is 0 Å². The molecular formula is C32H56O12Si4. The van der Waals surface area contributed by atoms with Crippen LogP contribution in [0.4, 0.5) is 0 Å². The first kappa shape index (κ1) is 43.6. The molecule has 0 unspecified atom stereocenters. The van der Waals surface area contributed by atoms with Crippen molar-refractivity contribution in [3.8, 4) is 0 Å². The van der Waals surface area contributed by atoms with Gasteiger partial charge in [0.25, 0.3) is 0 Å². The molecular weight excluding hydrogens is 689 g/mol. The molecule has 0 aromatic heterocycles. The van der Waals surface area contributed by atoms with E-state index in [0.29, 0.717) is 72.2 Å². The smallest absolute Gasteiger partial charge is 0.333 e. The quantitative estimate of drug-likeness (QED) is 0.0448. The summed E-state index contributed by atoms with van der Waals surface area (Å²) < 4.78 is 49.5. The van der Waals surface area contributed by atoms with Crippen LogP contribution in [-0.2, 0) is 54.6 Å². The van der Waals surface area contributed by atoms with Crippen LogP contribution < -0.4 is 0 Å². The van der Waals surface area contributed by atoms with Crippen molar-refractivity contribution >= 4 is 58.1 Å². The van der Waals surface area contributed by atoms with Crippen LogP contribution in [0.25, 0.3) is 0 Å². The number of esters is 4. The Morgan fingerprint density at radius 2 is 0.583 bits per heavy atom. The molecule has 1 aliphatic heterocycles. The Kier molecular flexibility index (Phi) is 17.8. The minimum atomic E-state index is -3.06. The summed E-state index contributed by atoms with van der Waals surface area (Å²) in [6.45, 7) is 29.5. The zero-order valence-corrected chi connectivity index (χ0v) is 34.2. The second-order valence-electron chi connectivity index (χ2n) is 13.0. The van der Waals surface area contributed by atoms with Crippen LogP contribution in [0.2, 0.25) is 50.4 Å². The topological polar surface area (TPSA) is 142 Å². The lowest BCUT2D eigenvalue weighted by molar-refractivity contribution is -0.139. The molecule has 12 nitrogen and oxygen atoms in total. The molecule has 48 heavy (non-hydrogen) atoms. The third-order valence-corrected chi connectivity index (χ3v) is 26.0. The molecule has 0 aromatic carbocycles. The molecule has 1 fully saturated rings. The van der Waals surface area contributed by atoms with E-state index >= 15 is 0 Å². The molecule has 1 aliphatic rings. The summed E-state index contributed by atoms with van der Waals surface area (Å²) in [5.74, 6) is -1.85. The number of carbonyl (C=O) groups is 4. The zero-order valence-electron chi connectivity index (χ0n) is 30.2. The number of carbonyl (C=O) groups excluding carboxylic acids is 4. The summed E-state index contributed by atoms with van der Waals surface area (Å²) in [6.07, 6.45) is 1.97. The van der Waals surface area contributed by atoms with Gasteiger partial charge in [0, 0.05) is 22.3 Å². The molecule has 0 aliphatic carbocycles. The average Bonchev–Trinajstić information content (AvgIpc) is 2.96. The van der Waals surface area contributed by atoms with Crippen molar-refractivity contribution in [1.82, 2.24) is 0 Å². The largest absolute Gasteiger partial charge is 0.462 e. The Bertz CT molecular complexity index is 1030. The predicted molar refractivity (Wildman–Crippen MR) is 192 cm³/mol. The standard InChI is InChI=1S/C32H56O12Si4/c1-25(2)29(33)37-17-13-21-45(9)41-46(10,22-14-18-38-30(34)26(3)4)43-48(12,24-16-20-40-32(36)28(7)8)44-47(11,42-45)23-15-19-39-31(35)27(5)6/h1,3,5,7,13-24H2,2,4,6,8-12H3. The Hall–Kier alpha value is -2.45. The number of hydrogen-bond acceptors (Lipinski definition) is 12. The summed E-state index contributed by atoms with van der Waals surface area (Å²) >= 11 is 0. The Morgan fingerprint density at radius 1 is 0.417 bits per heavy atom. The third kappa shape index (κ3) is 16.3. The van der Waals surface area contributed by atoms with E-state index in [-0.39, 0.29) is 26.4 Å². The Labute approximate surface area is 290 Å². The van der Waals surface area contributed by atoms with Crippen molar-refractivity contribution in [3.05, 3.63) is 48.6 Å². The van der Waals surface area contributed by atoms with E-state index in [1.54, 1.807) is 27.7 Å². The van der Waals surface area contributed by atoms with Gasteiger partial charge in [-0.15, -0.1) is 0 Å². The molecule has 16 heteroatoms. The van der Waals surface area contributed by atoms with Crippen LogP contribution in [0.15, 0.2) is 48.6 Å². The van der Waals surface area contributed by atoms with E-state index in [1.165, 1.54) is 0 Å². The molecule has 1 saturated heterocycles. The summed E-state index contributed by atoms with van der Waals surface area (Å²) in [7, 11) is -12.2. The van der Waals surface area contributed by atoms with Gasteiger partial charge in [0.15, 0.2) is 0 Å². The minimum Gasteiger partial charge on any atom is -0.462 e. The molecule has 0 saturated carbocycles. The van der Waals surface area contributed by atoms with Crippen molar-refractivity contribution in [2.24, 2.45) is 0 Å². The van der Waals surface area contributed by atoms with Crippen molar-refractivity contribution in [2.45, 2.75) is 104 Å². The maximum atomic E-state index is 12.0. The van der Waals surface area contributed by atoms with Gasteiger partial charge in [0.1, 0.15) is 0 Å². The van der Waals surface area contributed by atoms with Crippen molar-refractivity contribution in [3.63, 3.8) is 0 Å². The normalized spacial score (nSPS) is 25.5. The maximum Gasteiger partial charge on any atom is 0.333 e. The lowest BCUT2D eigenvalue weighted by Crippen LogP contribution is -2.67. The minimum absolute atomic E-state index is 0.169. The third-order valence-electron chi connectivity index (χ3n) is 7.15. The van der Waals surface area contributed by atoms with Gasteiger partial charge in [-0.05, 0) is 104 Å². The van der Waals surface area contributed by atoms with Gasteiger partial charge >= 0.3 is 58.1 Å². The molecule has 1 heterocycles. The van der Waals surface area contributed by atoms with E-state index in [9.17, 15) is 19.2 Å². The second kappa shape index (κ2) is 19.7. The molecule has 0 radical (unpaired) electrons. The van der Waals surface area contributed by atoms with Gasteiger partial charge in [-0.2, -0.15) is 0 Å². The van der Waals surface area contributed by atoms with E-state index in [2.05, 4.69) is 26.3 Å². The number of rotatable bonds is 20. The average molecular weight is 745 g/mol. The van der Waals surface area contributed by atoms with Crippen LogP contribution in [0.1, 0.15) is 53.4 Å². The van der Waals surface area contributed by atoms with Gasteiger partial charge in [-0.1, -0.05) is 26.3 Å². The Balaban J connectivity index is 3.34. The molecule has 272 valence electrons. The molecule has 0 bridgehead atoms. The first-order valence-electron chi connectivity index (χ1n) is 16.2. The summed E-state index contributed by atoms with van der Waals surface area (Å²) in [5.41, 5.74) is 1.27. The predicted octanol–water partition coefficient (Wildman–Crippen LogP) is 6.39. The highest BCUT2D eigenvalue weighted by Gasteiger charge is 2.56. The summed E-state index contributed by atoms with van der Waals surface area (Å²) in [5, 5.41) is 0. The van der Waals surface area contributed by atoms with E-state index in [4.69, 9.17) is 35.4 Å².